The Labute approximate surface area is 206 Å². The number of hydrogen-bond acceptors (Lipinski definition) is 5. The van der Waals surface area contributed by atoms with E-state index in [0.717, 1.165) is 17.8 Å². The van der Waals surface area contributed by atoms with Gasteiger partial charge in [-0.1, -0.05) is 36.4 Å². The average Bonchev–Trinajstić information content (AvgIpc) is 2.87. The molecule has 0 aliphatic rings. The number of sulfonamides is 1. The van der Waals surface area contributed by atoms with Crippen molar-refractivity contribution >= 4 is 27.5 Å². The van der Waals surface area contributed by atoms with E-state index in [1.807, 2.05) is 42.5 Å². The van der Waals surface area contributed by atoms with Crippen molar-refractivity contribution in [3.8, 4) is 0 Å². The largest absolute Gasteiger partial charge is 0.369 e. The highest BCUT2D eigenvalue weighted by atomic mass is 32.2. The van der Waals surface area contributed by atoms with Crippen LogP contribution in [0.2, 0.25) is 0 Å². The first-order valence-corrected chi connectivity index (χ1v) is 12.8. The molecule has 8 nitrogen and oxygen atoms in total. The van der Waals surface area contributed by atoms with Gasteiger partial charge in [0.2, 0.25) is 10.0 Å². The summed E-state index contributed by atoms with van der Waals surface area (Å²) in [5.41, 5.74) is 7.00. The van der Waals surface area contributed by atoms with Gasteiger partial charge in [-0.3, -0.25) is 20.4 Å². The van der Waals surface area contributed by atoms with Crippen LogP contribution in [0.5, 0.6) is 0 Å². The smallest absolute Gasteiger partial charge is 0.269 e. The van der Waals surface area contributed by atoms with Crippen LogP contribution >= 0.6 is 0 Å². The Morgan fingerprint density at radius 3 is 2.06 bits per heavy atom. The minimum absolute atomic E-state index is 0.0476. The molecule has 3 N–H and O–H groups in total. The summed E-state index contributed by atoms with van der Waals surface area (Å²) >= 11 is 0. The second kappa shape index (κ2) is 11.6. The second-order valence-electron chi connectivity index (χ2n) is 8.17. The van der Waals surface area contributed by atoms with Crippen molar-refractivity contribution < 1.29 is 18.0 Å². The molecular formula is C26H30N4O4S. The van der Waals surface area contributed by atoms with Gasteiger partial charge in [-0.15, -0.1) is 0 Å². The molecular weight excluding hydrogens is 464 g/mol. The molecule has 0 aliphatic heterocycles. The van der Waals surface area contributed by atoms with E-state index in [9.17, 15) is 18.0 Å². The zero-order chi connectivity index (χ0) is 25.4. The molecule has 0 aromatic heterocycles. The zero-order valence-corrected chi connectivity index (χ0v) is 20.8. The van der Waals surface area contributed by atoms with Crippen LogP contribution in [0, 0.1) is 0 Å². The summed E-state index contributed by atoms with van der Waals surface area (Å²) < 4.78 is 27.8. The van der Waals surface area contributed by atoms with E-state index in [-0.39, 0.29) is 17.0 Å². The van der Waals surface area contributed by atoms with E-state index in [1.54, 1.807) is 12.1 Å². The molecule has 0 saturated carbocycles. The number of hydrazine groups is 1. The molecule has 3 aromatic rings. The Bertz CT molecular complexity index is 1260. The first kappa shape index (κ1) is 25.9. The van der Waals surface area contributed by atoms with Gasteiger partial charge in [0, 0.05) is 35.9 Å². The van der Waals surface area contributed by atoms with Crippen molar-refractivity contribution in [1.29, 1.82) is 0 Å². The van der Waals surface area contributed by atoms with Gasteiger partial charge in [0.25, 0.3) is 11.8 Å². The number of carbonyl (C=O) groups is 2. The molecule has 184 valence electrons. The van der Waals surface area contributed by atoms with Crippen molar-refractivity contribution in [2.24, 2.45) is 0 Å². The molecule has 0 saturated heterocycles. The lowest BCUT2D eigenvalue weighted by molar-refractivity contribution is 0.0846. The number of hydrogen-bond donors (Lipinski definition) is 3. The van der Waals surface area contributed by atoms with E-state index in [1.165, 1.54) is 24.3 Å². The molecule has 0 atom stereocenters. The molecule has 2 amide bonds. The Kier molecular flexibility index (Phi) is 8.62. The molecule has 0 radical (unpaired) electrons. The summed E-state index contributed by atoms with van der Waals surface area (Å²) in [7, 11) is -3.83. The maximum absolute atomic E-state index is 12.7. The molecule has 35 heavy (non-hydrogen) atoms. The molecule has 0 spiro atoms. The standard InChI is InChI=1S/C26H30N4O4S/c1-4-30(19(2)3)23-15-13-21(14-16-23)25(31)28-29-26(32)22-11-8-12-24(17-22)35(33,34)27-18-20-9-6-5-7-10-20/h5-17,19,27H,4,18H2,1-3H3,(H,28,31)(H,29,32). The fraction of sp³-hybridized carbons (Fsp3) is 0.231. The van der Waals surface area contributed by atoms with Crippen LogP contribution in [0.4, 0.5) is 5.69 Å². The maximum atomic E-state index is 12.7. The first-order chi connectivity index (χ1) is 16.7. The molecule has 3 rings (SSSR count). The van der Waals surface area contributed by atoms with Gasteiger partial charge in [-0.05, 0) is 68.8 Å². The highest BCUT2D eigenvalue weighted by Crippen LogP contribution is 2.18. The topological polar surface area (TPSA) is 108 Å². The summed E-state index contributed by atoms with van der Waals surface area (Å²) in [5.74, 6) is -1.11. The number of carbonyl (C=O) groups excluding carboxylic acids is 2. The Hall–Kier alpha value is -3.69. The predicted octanol–water partition coefficient (Wildman–Crippen LogP) is 3.47. The van der Waals surface area contributed by atoms with Crippen molar-refractivity contribution in [2.45, 2.75) is 38.3 Å². The Morgan fingerprint density at radius 1 is 0.829 bits per heavy atom. The number of nitrogens with zero attached hydrogens (tertiary/aromatic N) is 1. The predicted molar refractivity (Wildman–Crippen MR) is 136 cm³/mol. The Balaban J connectivity index is 1.61. The highest BCUT2D eigenvalue weighted by molar-refractivity contribution is 7.89. The van der Waals surface area contributed by atoms with Gasteiger partial charge >= 0.3 is 0 Å². The summed E-state index contributed by atoms with van der Waals surface area (Å²) in [6.45, 7) is 7.23. The maximum Gasteiger partial charge on any atom is 0.269 e. The molecule has 9 heteroatoms. The third-order valence-corrected chi connectivity index (χ3v) is 6.83. The van der Waals surface area contributed by atoms with Gasteiger partial charge in [0.15, 0.2) is 0 Å². The minimum atomic E-state index is -3.83. The van der Waals surface area contributed by atoms with Gasteiger partial charge < -0.3 is 4.90 Å². The van der Waals surface area contributed by atoms with Gasteiger partial charge in [-0.2, -0.15) is 0 Å². The van der Waals surface area contributed by atoms with Gasteiger partial charge in [-0.25, -0.2) is 13.1 Å². The van der Waals surface area contributed by atoms with Gasteiger partial charge in [0.05, 0.1) is 4.90 Å². The van der Waals surface area contributed by atoms with Crippen molar-refractivity contribution in [3.05, 3.63) is 95.6 Å². The first-order valence-electron chi connectivity index (χ1n) is 11.3. The van der Waals surface area contributed by atoms with E-state index >= 15 is 0 Å². The summed E-state index contributed by atoms with van der Waals surface area (Å²) in [6.07, 6.45) is 0. The minimum Gasteiger partial charge on any atom is -0.369 e. The molecule has 0 fully saturated rings. The van der Waals surface area contributed by atoms with E-state index in [4.69, 9.17) is 0 Å². The monoisotopic (exact) mass is 494 g/mol. The average molecular weight is 495 g/mol. The van der Waals surface area contributed by atoms with Crippen molar-refractivity contribution in [1.82, 2.24) is 15.6 Å². The number of amides is 2. The molecule has 3 aromatic carbocycles. The summed E-state index contributed by atoms with van der Waals surface area (Å²) in [4.78, 5) is 27.2. The Morgan fingerprint density at radius 2 is 1.46 bits per heavy atom. The zero-order valence-electron chi connectivity index (χ0n) is 20.0. The van der Waals surface area contributed by atoms with Crippen molar-refractivity contribution in [2.75, 3.05) is 11.4 Å². The summed E-state index contributed by atoms with van der Waals surface area (Å²) in [5, 5.41) is 0. The molecule has 0 aliphatic carbocycles. The third-order valence-electron chi connectivity index (χ3n) is 5.43. The second-order valence-corrected chi connectivity index (χ2v) is 9.94. The van der Waals surface area contributed by atoms with E-state index < -0.39 is 21.8 Å². The number of nitrogens with one attached hydrogen (secondary N) is 3. The van der Waals surface area contributed by atoms with E-state index in [2.05, 4.69) is 41.2 Å². The fourth-order valence-corrected chi connectivity index (χ4v) is 4.63. The number of anilines is 1. The lowest BCUT2D eigenvalue weighted by Gasteiger charge is -2.27. The summed E-state index contributed by atoms with van der Waals surface area (Å²) in [6, 6.07) is 22.1. The van der Waals surface area contributed by atoms with Gasteiger partial charge in [0.1, 0.15) is 0 Å². The van der Waals surface area contributed by atoms with Crippen LogP contribution in [0.1, 0.15) is 47.1 Å². The van der Waals surface area contributed by atoms with Crippen molar-refractivity contribution in [3.63, 3.8) is 0 Å². The molecule has 0 heterocycles. The van der Waals surface area contributed by atoms with Crippen LogP contribution in [0.25, 0.3) is 0 Å². The van der Waals surface area contributed by atoms with Crippen LogP contribution in [0.3, 0.4) is 0 Å². The molecule has 0 bridgehead atoms. The number of rotatable bonds is 9. The fourth-order valence-electron chi connectivity index (χ4n) is 3.57. The molecule has 0 unspecified atom stereocenters. The van der Waals surface area contributed by atoms with Crippen LogP contribution in [0.15, 0.2) is 83.8 Å². The third kappa shape index (κ3) is 6.91. The lowest BCUT2D eigenvalue weighted by atomic mass is 10.1. The SMILES string of the molecule is CCN(c1ccc(C(=O)NNC(=O)c2cccc(S(=O)(=O)NCc3ccccc3)c2)cc1)C(C)C. The van der Waals surface area contributed by atoms with Crippen LogP contribution in [-0.4, -0.2) is 32.8 Å². The highest BCUT2D eigenvalue weighted by Gasteiger charge is 2.17. The van der Waals surface area contributed by atoms with E-state index in [0.29, 0.717) is 11.6 Å². The number of benzene rings is 3. The normalized spacial score (nSPS) is 11.2. The lowest BCUT2D eigenvalue weighted by Crippen LogP contribution is -2.41. The van der Waals surface area contributed by atoms with Crippen LogP contribution in [-0.2, 0) is 16.6 Å². The van der Waals surface area contributed by atoms with Crippen LogP contribution < -0.4 is 20.5 Å². The quantitative estimate of drug-likeness (QED) is 0.395.